The first kappa shape index (κ1) is 13.1. The second-order valence-corrected chi connectivity index (χ2v) is 5.59. The minimum atomic E-state index is -1.04. The zero-order chi connectivity index (χ0) is 13.1. The van der Waals surface area contributed by atoms with Crippen molar-refractivity contribution in [1.29, 1.82) is 0 Å². The van der Waals surface area contributed by atoms with Gasteiger partial charge in [-0.25, -0.2) is 9.78 Å². The molecule has 0 atom stereocenters. The van der Waals surface area contributed by atoms with E-state index in [1.165, 1.54) is 11.5 Å². The third-order valence-electron chi connectivity index (χ3n) is 2.35. The Kier molecular flexibility index (Phi) is 4.03. The lowest BCUT2D eigenvalue weighted by Gasteiger charge is -1.94. The average molecular weight is 284 g/mol. The normalized spacial score (nSPS) is 10.8. The molecule has 2 heterocycles. The summed E-state index contributed by atoms with van der Waals surface area (Å²) in [5.74, 6) is 1.06. The van der Waals surface area contributed by atoms with Gasteiger partial charge < -0.3 is 9.52 Å². The average Bonchev–Trinajstić information content (AvgIpc) is 2.93. The van der Waals surface area contributed by atoms with Gasteiger partial charge in [-0.1, -0.05) is 18.7 Å². The van der Waals surface area contributed by atoms with Crippen LogP contribution in [0.4, 0.5) is 0 Å². The molecule has 0 aliphatic heterocycles. The summed E-state index contributed by atoms with van der Waals surface area (Å²) in [5.41, 5.74) is 0.880. The van der Waals surface area contributed by atoms with Crippen LogP contribution in [0, 0.1) is 6.92 Å². The van der Waals surface area contributed by atoms with Gasteiger partial charge >= 0.3 is 5.97 Å². The molecule has 7 heteroatoms. The highest BCUT2D eigenvalue weighted by Crippen LogP contribution is 2.27. The lowest BCUT2D eigenvalue weighted by molar-refractivity contribution is 0.0661. The number of aromatic carboxylic acids is 1. The van der Waals surface area contributed by atoms with E-state index in [4.69, 9.17) is 9.52 Å². The fourth-order valence-corrected chi connectivity index (χ4v) is 3.08. The number of nitrogens with zero attached hydrogens (tertiary/aromatic N) is 2. The molecule has 0 spiro atoms. The summed E-state index contributed by atoms with van der Waals surface area (Å²) in [6.07, 6.45) is 0.824. The minimum absolute atomic E-state index is 0.0189. The molecule has 0 unspecified atom stereocenters. The van der Waals surface area contributed by atoms with Gasteiger partial charge in [0.2, 0.25) is 5.76 Å². The van der Waals surface area contributed by atoms with Crippen LogP contribution in [0.2, 0.25) is 0 Å². The standard InChI is InChI=1S/C11H12N2O3S2/c1-3-9-12-11(18-13-9)17-5-7-4-8(10(14)15)16-6(7)2/h4H,3,5H2,1-2H3,(H,14,15). The first-order valence-electron chi connectivity index (χ1n) is 5.38. The smallest absolute Gasteiger partial charge is 0.371 e. The van der Waals surface area contributed by atoms with Crippen LogP contribution in [0.15, 0.2) is 14.8 Å². The molecule has 0 saturated carbocycles. The molecule has 2 aromatic rings. The summed E-state index contributed by atoms with van der Waals surface area (Å²) in [6, 6.07) is 1.56. The van der Waals surface area contributed by atoms with Crippen LogP contribution in [0.3, 0.4) is 0 Å². The van der Waals surface area contributed by atoms with E-state index in [2.05, 4.69) is 9.36 Å². The van der Waals surface area contributed by atoms with Gasteiger partial charge in [-0.2, -0.15) is 4.37 Å². The highest BCUT2D eigenvalue weighted by molar-refractivity contribution is 8.00. The number of aromatic nitrogens is 2. The number of hydrogen-bond acceptors (Lipinski definition) is 6. The number of carboxylic acids is 1. The Morgan fingerprint density at radius 2 is 2.39 bits per heavy atom. The van der Waals surface area contributed by atoms with Crippen LogP contribution in [-0.2, 0) is 12.2 Å². The summed E-state index contributed by atoms with van der Waals surface area (Å²) in [4.78, 5) is 15.1. The van der Waals surface area contributed by atoms with Gasteiger partial charge in [0.15, 0.2) is 4.34 Å². The molecule has 96 valence electrons. The van der Waals surface area contributed by atoms with Crippen molar-refractivity contribution in [1.82, 2.24) is 9.36 Å². The maximum atomic E-state index is 10.8. The molecule has 5 nitrogen and oxygen atoms in total. The van der Waals surface area contributed by atoms with E-state index in [-0.39, 0.29) is 5.76 Å². The Balaban J connectivity index is 2.03. The summed E-state index contributed by atoms with van der Waals surface area (Å²) in [5, 5.41) is 8.82. The molecule has 0 fully saturated rings. The van der Waals surface area contributed by atoms with Crippen LogP contribution in [0.25, 0.3) is 0 Å². The molecule has 0 aliphatic rings. The zero-order valence-corrected chi connectivity index (χ0v) is 11.6. The second-order valence-electron chi connectivity index (χ2n) is 3.62. The molecule has 0 saturated heterocycles. The monoisotopic (exact) mass is 284 g/mol. The van der Waals surface area contributed by atoms with Crippen molar-refractivity contribution < 1.29 is 14.3 Å². The Morgan fingerprint density at radius 1 is 1.61 bits per heavy atom. The van der Waals surface area contributed by atoms with E-state index in [0.29, 0.717) is 11.5 Å². The van der Waals surface area contributed by atoms with E-state index < -0.39 is 5.97 Å². The van der Waals surface area contributed by atoms with Crippen molar-refractivity contribution >= 4 is 29.3 Å². The van der Waals surface area contributed by atoms with Crippen LogP contribution < -0.4 is 0 Å². The van der Waals surface area contributed by atoms with Crippen molar-refractivity contribution in [2.24, 2.45) is 0 Å². The molecule has 18 heavy (non-hydrogen) atoms. The topological polar surface area (TPSA) is 76.2 Å². The SMILES string of the molecule is CCc1nsc(SCc2cc(C(=O)O)oc2C)n1. The van der Waals surface area contributed by atoms with Crippen molar-refractivity contribution in [3.8, 4) is 0 Å². The summed E-state index contributed by atoms with van der Waals surface area (Å²) in [6.45, 7) is 3.77. The molecule has 0 amide bonds. The third-order valence-corrected chi connectivity index (χ3v) is 4.27. The van der Waals surface area contributed by atoms with Gasteiger partial charge in [0.25, 0.3) is 0 Å². The van der Waals surface area contributed by atoms with Crippen LogP contribution in [0.1, 0.15) is 34.6 Å². The van der Waals surface area contributed by atoms with E-state index in [1.54, 1.807) is 24.8 Å². The fraction of sp³-hybridized carbons (Fsp3) is 0.364. The first-order valence-corrected chi connectivity index (χ1v) is 7.14. The molecule has 0 aliphatic carbocycles. The van der Waals surface area contributed by atoms with Crippen molar-refractivity contribution in [2.75, 3.05) is 0 Å². The molecular weight excluding hydrogens is 272 g/mol. The largest absolute Gasteiger partial charge is 0.475 e. The van der Waals surface area contributed by atoms with Gasteiger partial charge in [0, 0.05) is 17.7 Å². The number of rotatable bonds is 5. The second kappa shape index (κ2) is 5.53. The van der Waals surface area contributed by atoms with Crippen molar-refractivity contribution in [3.05, 3.63) is 29.0 Å². The lowest BCUT2D eigenvalue weighted by atomic mass is 10.3. The number of carbonyl (C=O) groups is 1. The number of thioether (sulfide) groups is 1. The number of hydrogen-bond donors (Lipinski definition) is 1. The van der Waals surface area contributed by atoms with Crippen molar-refractivity contribution in [3.63, 3.8) is 0 Å². The predicted octanol–water partition coefficient (Wildman–Crippen LogP) is 2.99. The van der Waals surface area contributed by atoms with E-state index in [0.717, 1.165) is 22.1 Å². The summed E-state index contributed by atoms with van der Waals surface area (Å²) >= 11 is 2.91. The van der Waals surface area contributed by atoms with Gasteiger partial charge in [-0.15, -0.1) is 0 Å². The molecule has 0 aromatic carbocycles. The van der Waals surface area contributed by atoms with Gasteiger partial charge in [-0.3, -0.25) is 0 Å². The molecule has 2 aromatic heterocycles. The molecule has 1 N–H and O–H groups in total. The van der Waals surface area contributed by atoms with Crippen LogP contribution in [0.5, 0.6) is 0 Å². The van der Waals surface area contributed by atoms with Gasteiger partial charge in [-0.05, 0) is 24.5 Å². The number of aryl methyl sites for hydroxylation is 2. The maximum Gasteiger partial charge on any atom is 0.371 e. The summed E-state index contributed by atoms with van der Waals surface area (Å²) in [7, 11) is 0. The quantitative estimate of drug-likeness (QED) is 0.851. The van der Waals surface area contributed by atoms with Crippen LogP contribution in [-0.4, -0.2) is 20.4 Å². The summed E-state index contributed by atoms with van der Waals surface area (Å²) < 4.78 is 10.2. The Bertz CT molecular complexity index is 562. The molecular formula is C11H12N2O3S2. The van der Waals surface area contributed by atoms with E-state index >= 15 is 0 Å². The predicted molar refractivity (Wildman–Crippen MR) is 69.3 cm³/mol. The highest BCUT2D eigenvalue weighted by atomic mass is 32.2. The molecule has 0 bridgehead atoms. The zero-order valence-electron chi connectivity index (χ0n) is 9.97. The van der Waals surface area contributed by atoms with Crippen LogP contribution >= 0.6 is 23.3 Å². The van der Waals surface area contributed by atoms with Crippen molar-refractivity contribution in [2.45, 2.75) is 30.4 Å². The number of furan rings is 1. The highest BCUT2D eigenvalue weighted by Gasteiger charge is 2.14. The van der Waals surface area contributed by atoms with Gasteiger partial charge in [0.1, 0.15) is 11.6 Å². The Labute approximate surface area is 112 Å². The maximum absolute atomic E-state index is 10.8. The van der Waals surface area contributed by atoms with E-state index in [1.807, 2.05) is 6.92 Å². The van der Waals surface area contributed by atoms with E-state index in [9.17, 15) is 4.79 Å². The Hall–Kier alpha value is -1.34. The third kappa shape index (κ3) is 2.91. The van der Waals surface area contributed by atoms with Gasteiger partial charge in [0.05, 0.1) is 0 Å². The Morgan fingerprint density at radius 3 is 2.94 bits per heavy atom. The minimum Gasteiger partial charge on any atom is -0.475 e. The first-order chi connectivity index (χ1) is 8.60. The molecule has 2 rings (SSSR count). The molecule has 0 radical (unpaired) electrons. The number of carboxylic acid groups (broad SMARTS) is 1. The fourth-order valence-electron chi connectivity index (χ4n) is 1.35. The lowest BCUT2D eigenvalue weighted by Crippen LogP contribution is -1.91.